The van der Waals surface area contributed by atoms with Crippen LogP contribution in [0.15, 0.2) is 0 Å². The molecule has 0 aliphatic carbocycles. The molecular weight excluding hydrogens is 237 g/mol. The zero-order valence-electron chi connectivity index (χ0n) is 6.29. The van der Waals surface area contributed by atoms with Gasteiger partial charge in [-0.3, -0.25) is 0 Å². The minimum Gasteiger partial charge on any atom is -0.197 e. The van der Waals surface area contributed by atoms with Crippen LogP contribution in [-0.2, 0) is 25.2 Å². The van der Waals surface area contributed by atoms with Gasteiger partial charge in [0.1, 0.15) is 0 Å². The monoisotopic (exact) mass is 245 g/mol. The Labute approximate surface area is 76.0 Å². The van der Waals surface area contributed by atoms with Crippen LogP contribution in [-0.4, -0.2) is 20.4 Å². The number of hydrogen-bond acceptors (Lipinski definition) is 4. The van der Waals surface area contributed by atoms with Gasteiger partial charge in [-0.1, -0.05) is 4.39 Å². The Kier molecular flexibility index (Phi) is 9.96. The lowest BCUT2D eigenvalue weighted by Gasteiger charge is -1.85. The molecule has 0 rings (SSSR count). The molecule has 3 nitrogen and oxygen atoms in total. The molecule has 0 atom stereocenters. The first kappa shape index (κ1) is 14.9. The van der Waals surface area contributed by atoms with E-state index in [0.29, 0.717) is 10.8 Å². The van der Waals surface area contributed by atoms with E-state index in [1.165, 1.54) is 13.2 Å². The van der Waals surface area contributed by atoms with Gasteiger partial charge in [0.05, 0.1) is 13.5 Å². The first-order valence-electron chi connectivity index (χ1n) is 2.53. The van der Waals surface area contributed by atoms with Crippen molar-refractivity contribution in [3.05, 3.63) is 0 Å². The van der Waals surface area contributed by atoms with Gasteiger partial charge < -0.3 is 0 Å². The molecule has 0 fully saturated rings. The van der Waals surface area contributed by atoms with Crippen molar-refractivity contribution in [2.75, 3.05) is 12.0 Å². The van der Waals surface area contributed by atoms with Gasteiger partial charge in [0, 0.05) is 6.26 Å². The predicted octanol–water partition coefficient (Wildman–Crippen LogP) is 1.89. The summed E-state index contributed by atoms with van der Waals surface area (Å²) in [7, 11) is -5.66. The van der Waals surface area contributed by atoms with Crippen molar-refractivity contribution in [1.82, 2.24) is 0 Å². The Hall–Kier alpha value is 0.400. The minimum atomic E-state index is -3.82. The highest BCUT2D eigenvalue weighted by molar-refractivity contribution is 8.70. The molecule has 0 aromatic rings. The van der Waals surface area contributed by atoms with E-state index in [2.05, 4.69) is 4.39 Å². The van der Waals surface area contributed by atoms with Crippen molar-refractivity contribution in [2.45, 2.75) is 6.92 Å². The maximum Gasteiger partial charge on any atom is 0.497 e. The summed E-state index contributed by atoms with van der Waals surface area (Å²) >= 11 is 0. The molecule has 0 amide bonds. The summed E-state index contributed by atoms with van der Waals surface area (Å²) in [4.78, 5) is 0. The van der Waals surface area contributed by atoms with Crippen LogP contribution in [0.3, 0.4) is 0 Å². The number of hydrogen-bond donors (Lipinski definition) is 0. The lowest BCUT2D eigenvalue weighted by molar-refractivity contribution is 0.00319. The Balaban J connectivity index is 0. The van der Waals surface area contributed by atoms with Gasteiger partial charge in [0.2, 0.25) is 0 Å². The van der Waals surface area contributed by atoms with Gasteiger partial charge in [0.25, 0.3) is 10.1 Å². The third-order valence-corrected chi connectivity index (χ3v) is 2.48. The molecule has 0 bridgehead atoms. The van der Waals surface area contributed by atoms with Crippen molar-refractivity contribution in [3.63, 3.8) is 0 Å². The summed E-state index contributed by atoms with van der Waals surface area (Å²) in [6.07, 6.45) is 1.38. The quantitative estimate of drug-likeness (QED) is 0.562. The van der Waals surface area contributed by atoms with Gasteiger partial charge in [-0.15, -0.1) is 0 Å². The fourth-order valence-electron chi connectivity index (χ4n) is 0.0445. The fourth-order valence-corrected chi connectivity index (χ4v) is 0.134. The molecule has 0 N–H and O–H groups in total. The molecule has 0 aliphatic heterocycles. The Bertz CT molecular complexity index is 170. The standard InChI is InChI=1S/C2H5FO3S.CH3F2S2/c1-2-7(4,5)6-3;1-4-5(2)3/h2H2,1H3;1H3/q;+1. The van der Waals surface area contributed by atoms with Crippen LogP contribution in [0.25, 0.3) is 0 Å². The summed E-state index contributed by atoms with van der Waals surface area (Å²) < 4.78 is 54.3. The summed E-state index contributed by atoms with van der Waals surface area (Å²) in [6, 6.07) is 0. The molecule has 0 radical (unpaired) electrons. The first-order valence-corrected chi connectivity index (χ1v) is 6.88. The molecule has 0 saturated carbocycles. The van der Waals surface area contributed by atoms with Crippen LogP contribution in [0.1, 0.15) is 6.92 Å². The average Bonchev–Trinajstić information content (AvgIpc) is 2.05. The van der Waals surface area contributed by atoms with E-state index < -0.39 is 20.8 Å². The molecule has 0 aliphatic rings. The van der Waals surface area contributed by atoms with Crippen LogP contribution in [0.5, 0.6) is 0 Å². The van der Waals surface area contributed by atoms with Crippen molar-refractivity contribution < 1.29 is 25.1 Å². The van der Waals surface area contributed by atoms with Crippen LogP contribution >= 0.6 is 10.8 Å². The predicted molar refractivity (Wildman–Crippen MR) is 44.7 cm³/mol. The summed E-state index contributed by atoms with van der Waals surface area (Å²) in [5.74, 6) is -0.330. The third-order valence-electron chi connectivity index (χ3n) is 0.576. The van der Waals surface area contributed by atoms with E-state index in [0.717, 1.165) is 0 Å². The van der Waals surface area contributed by atoms with E-state index in [1.807, 2.05) is 0 Å². The SMILES string of the molecule is CCS(=O)(=O)OF.CS[S+](F)F. The van der Waals surface area contributed by atoms with Crippen molar-refractivity contribution in [3.8, 4) is 0 Å². The van der Waals surface area contributed by atoms with E-state index in [9.17, 15) is 20.7 Å². The molecule has 9 heteroatoms. The van der Waals surface area contributed by atoms with E-state index in [4.69, 9.17) is 0 Å². The number of rotatable bonds is 3. The Morgan fingerprint density at radius 2 is 1.83 bits per heavy atom. The van der Waals surface area contributed by atoms with Crippen molar-refractivity contribution >= 4 is 31.6 Å². The van der Waals surface area contributed by atoms with Gasteiger partial charge in [-0.25, -0.2) is 0 Å². The molecule has 0 spiro atoms. The molecule has 12 heavy (non-hydrogen) atoms. The van der Waals surface area contributed by atoms with Gasteiger partial charge in [0.15, 0.2) is 10.8 Å². The van der Waals surface area contributed by atoms with Crippen LogP contribution in [0.2, 0.25) is 0 Å². The van der Waals surface area contributed by atoms with E-state index >= 15 is 0 Å². The van der Waals surface area contributed by atoms with Gasteiger partial charge >= 0.3 is 10.7 Å². The Morgan fingerprint density at radius 1 is 1.50 bits per heavy atom. The molecule has 0 unspecified atom stereocenters. The second-order valence-corrected chi connectivity index (χ2v) is 5.54. The lowest BCUT2D eigenvalue weighted by atomic mass is 11.0. The third kappa shape index (κ3) is 13.0. The second-order valence-electron chi connectivity index (χ2n) is 1.26. The second kappa shape index (κ2) is 8.02. The molecule has 0 heterocycles. The molecule has 0 aromatic heterocycles. The van der Waals surface area contributed by atoms with Crippen molar-refractivity contribution in [2.24, 2.45) is 0 Å². The highest BCUT2D eigenvalue weighted by atomic mass is 33.2. The summed E-state index contributed by atoms with van der Waals surface area (Å²) in [6.45, 7) is 1.29. The van der Waals surface area contributed by atoms with Crippen molar-refractivity contribution in [1.29, 1.82) is 0 Å². The minimum absolute atomic E-state index is 0.330. The maximum absolute atomic E-state index is 10.8. The van der Waals surface area contributed by atoms with Gasteiger partial charge in [-0.05, 0) is 11.4 Å². The van der Waals surface area contributed by atoms with E-state index in [1.54, 1.807) is 0 Å². The summed E-state index contributed by atoms with van der Waals surface area (Å²) in [5.41, 5.74) is 0. The van der Waals surface area contributed by atoms with Crippen LogP contribution < -0.4 is 0 Å². The molecule has 0 aromatic carbocycles. The molecule has 0 saturated heterocycles. The lowest BCUT2D eigenvalue weighted by Crippen LogP contribution is -2.00. The smallest absolute Gasteiger partial charge is 0.197 e. The van der Waals surface area contributed by atoms with E-state index in [-0.39, 0.29) is 5.75 Å². The topological polar surface area (TPSA) is 43.4 Å². The van der Waals surface area contributed by atoms with Crippen LogP contribution in [0.4, 0.5) is 12.3 Å². The molecule has 76 valence electrons. The van der Waals surface area contributed by atoms with Gasteiger partial charge in [-0.2, -0.15) is 8.42 Å². The number of halogens is 3. The normalized spacial score (nSPS) is 10.8. The maximum atomic E-state index is 10.8. The summed E-state index contributed by atoms with van der Waals surface area (Å²) in [5, 5.41) is 0. The van der Waals surface area contributed by atoms with Crippen LogP contribution in [0, 0.1) is 0 Å². The first-order chi connectivity index (χ1) is 5.39. The molecular formula is C3H8F3O3S3+. The largest absolute Gasteiger partial charge is 0.497 e. The fraction of sp³-hybridized carbons (Fsp3) is 1.00. The highest BCUT2D eigenvalue weighted by Gasteiger charge is 2.14. The average molecular weight is 245 g/mol. The Morgan fingerprint density at radius 3 is 1.83 bits per heavy atom. The zero-order valence-corrected chi connectivity index (χ0v) is 8.74. The highest BCUT2D eigenvalue weighted by Crippen LogP contribution is 2.13. The zero-order chi connectivity index (χ0) is 10.2.